The molecule has 0 unspecified atom stereocenters. The molecule has 3 rings (SSSR count). The maximum atomic E-state index is 12.0. The zero-order valence-corrected chi connectivity index (χ0v) is 18.5. The molecule has 0 aliphatic rings. The Morgan fingerprint density at radius 1 is 0.931 bits per heavy atom. The van der Waals surface area contributed by atoms with Crippen LogP contribution in [-0.4, -0.2) is 18.7 Å². The van der Waals surface area contributed by atoms with E-state index < -0.39 is 0 Å². The monoisotopic (exact) mass is 516 g/mol. The molecule has 1 N–H and O–H groups in total. The minimum atomic E-state index is -0.362. The topological polar surface area (TPSA) is 59.9 Å². The molecule has 5 nitrogen and oxygen atoms in total. The first kappa shape index (κ1) is 21.1. The Morgan fingerprint density at radius 3 is 2.48 bits per heavy atom. The number of hydrogen-bond donors (Lipinski definition) is 1. The highest BCUT2D eigenvalue weighted by molar-refractivity contribution is 9.11. The van der Waals surface area contributed by atoms with Gasteiger partial charge >= 0.3 is 0 Å². The molecule has 148 valence electrons. The molecule has 29 heavy (non-hydrogen) atoms. The summed E-state index contributed by atoms with van der Waals surface area (Å²) in [6.07, 6.45) is 1.55. The van der Waals surface area contributed by atoms with Crippen LogP contribution in [0, 0.1) is 0 Å². The normalized spacial score (nSPS) is 10.7. The summed E-state index contributed by atoms with van der Waals surface area (Å²) in [4.78, 5) is 12.0. The molecule has 0 aliphatic carbocycles. The second kappa shape index (κ2) is 10.8. The number of carbonyl (C=O) groups excluding carboxylic acids is 1. The minimum absolute atomic E-state index is 0.149. The highest BCUT2D eigenvalue weighted by Gasteiger charge is 2.06. The summed E-state index contributed by atoms with van der Waals surface area (Å²) in [5.74, 6) is 0.898. The number of carbonyl (C=O) groups is 1. The lowest BCUT2D eigenvalue weighted by Crippen LogP contribution is -2.24. The van der Waals surface area contributed by atoms with Crippen molar-refractivity contribution in [3.8, 4) is 11.5 Å². The first-order valence-corrected chi connectivity index (χ1v) is 10.4. The molecule has 0 heterocycles. The van der Waals surface area contributed by atoms with Crippen molar-refractivity contribution in [3.63, 3.8) is 0 Å². The summed E-state index contributed by atoms with van der Waals surface area (Å²) in [6, 6.07) is 22.9. The molecular weight excluding hydrogens is 500 g/mol. The number of hydrazone groups is 1. The molecule has 3 aromatic carbocycles. The lowest BCUT2D eigenvalue weighted by molar-refractivity contribution is -0.123. The van der Waals surface area contributed by atoms with E-state index in [0.717, 1.165) is 20.1 Å². The molecule has 0 atom stereocenters. The van der Waals surface area contributed by atoms with E-state index in [1.807, 2.05) is 66.7 Å². The zero-order chi connectivity index (χ0) is 20.5. The van der Waals surface area contributed by atoms with Crippen molar-refractivity contribution in [1.29, 1.82) is 0 Å². The predicted molar refractivity (Wildman–Crippen MR) is 120 cm³/mol. The quantitative estimate of drug-likeness (QED) is 0.325. The molecule has 0 saturated carbocycles. The predicted octanol–water partition coefficient (Wildman–Crippen LogP) is 5.32. The van der Waals surface area contributed by atoms with Gasteiger partial charge in [-0.1, -0.05) is 58.4 Å². The van der Waals surface area contributed by atoms with Gasteiger partial charge in [-0.3, -0.25) is 4.79 Å². The number of nitrogens with zero attached hydrogens (tertiary/aromatic N) is 1. The number of amides is 1. The van der Waals surface area contributed by atoms with Crippen LogP contribution in [0.4, 0.5) is 0 Å². The van der Waals surface area contributed by atoms with Crippen molar-refractivity contribution in [2.24, 2.45) is 5.10 Å². The van der Waals surface area contributed by atoms with Crippen LogP contribution in [0.1, 0.15) is 11.1 Å². The fourth-order valence-electron chi connectivity index (χ4n) is 2.40. The molecule has 0 saturated heterocycles. The van der Waals surface area contributed by atoms with Crippen LogP contribution >= 0.6 is 31.9 Å². The van der Waals surface area contributed by atoms with Crippen LogP contribution in [0.3, 0.4) is 0 Å². The Balaban J connectivity index is 1.52. The Hall–Kier alpha value is -2.64. The Kier molecular flexibility index (Phi) is 7.84. The molecular formula is C22H18Br2N2O3. The third kappa shape index (κ3) is 6.73. The van der Waals surface area contributed by atoms with Crippen LogP contribution in [0.15, 0.2) is 86.8 Å². The van der Waals surface area contributed by atoms with Gasteiger partial charge in [0.1, 0.15) is 18.1 Å². The molecule has 0 fully saturated rings. The fourth-order valence-corrected chi connectivity index (χ4v) is 3.56. The highest BCUT2D eigenvalue weighted by atomic mass is 79.9. The molecule has 0 spiro atoms. The van der Waals surface area contributed by atoms with Gasteiger partial charge in [0, 0.05) is 10.0 Å². The van der Waals surface area contributed by atoms with Crippen molar-refractivity contribution >= 4 is 44.0 Å². The minimum Gasteiger partial charge on any atom is -0.488 e. The summed E-state index contributed by atoms with van der Waals surface area (Å²) < 4.78 is 13.0. The molecule has 0 aromatic heterocycles. The fraction of sp³-hybridized carbons (Fsp3) is 0.0909. The van der Waals surface area contributed by atoms with Crippen LogP contribution in [-0.2, 0) is 11.4 Å². The van der Waals surface area contributed by atoms with Gasteiger partial charge in [-0.25, -0.2) is 5.43 Å². The van der Waals surface area contributed by atoms with E-state index in [2.05, 4.69) is 42.4 Å². The van der Waals surface area contributed by atoms with Crippen LogP contribution in [0.2, 0.25) is 0 Å². The molecule has 7 heteroatoms. The number of nitrogens with one attached hydrogen (secondary N) is 1. The molecule has 3 aromatic rings. The number of para-hydroxylation sites is 1. The maximum absolute atomic E-state index is 12.0. The Labute approximate surface area is 186 Å². The van der Waals surface area contributed by atoms with E-state index in [0.29, 0.717) is 18.1 Å². The smallest absolute Gasteiger partial charge is 0.277 e. The first-order chi connectivity index (χ1) is 14.1. The summed E-state index contributed by atoms with van der Waals surface area (Å²) >= 11 is 6.76. The van der Waals surface area contributed by atoms with Gasteiger partial charge < -0.3 is 9.47 Å². The van der Waals surface area contributed by atoms with Crippen LogP contribution in [0.25, 0.3) is 0 Å². The van der Waals surface area contributed by atoms with Crippen molar-refractivity contribution in [2.75, 3.05) is 6.61 Å². The van der Waals surface area contributed by atoms with Gasteiger partial charge in [-0.05, 0) is 51.8 Å². The summed E-state index contributed by atoms with van der Waals surface area (Å²) in [7, 11) is 0. The van der Waals surface area contributed by atoms with E-state index in [1.54, 1.807) is 12.3 Å². The lowest BCUT2D eigenvalue weighted by Gasteiger charge is -2.09. The van der Waals surface area contributed by atoms with E-state index in [4.69, 9.17) is 9.47 Å². The van der Waals surface area contributed by atoms with Crippen molar-refractivity contribution in [2.45, 2.75) is 6.61 Å². The summed E-state index contributed by atoms with van der Waals surface area (Å²) in [5, 5.41) is 4.00. The average Bonchev–Trinajstić information content (AvgIpc) is 2.73. The second-order valence-electron chi connectivity index (χ2n) is 5.97. The number of halogens is 2. The van der Waals surface area contributed by atoms with Gasteiger partial charge in [0.25, 0.3) is 5.91 Å². The standard InChI is InChI=1S/C22H18Br2N2O3/c23-18-10-11-21(19(24)12-18)29-15-22(27)26-25-13-17-8-4-5-9-20(17)28-14-16-6-2-1-3-7-16/h1-13H,14-15H2,(H,26,27). The van der Waals surface area contributed by atoms with Crippen molar-refractivity contribution < 1.29 is 14.3 Å². The van der Waals surface area contributed by atoms with Crippen LogP contribution < -0.4 is 14.9 Å². The number of ether oxygens (including phenoxy) is 2. The van der Waals surface area contributed by atoms with Gasteiger partial charge in [0.05, 0.1) is 10.7 Å². The zero-order valence-electron chi connectivity index (χ0n) is 15.3. The van der Waals surface area contributed by atoms with E-state index in [1.165, 1.54) is 0 Å². The summed E-state index contributed by atoms with van der Waals surface area (Å²) in [6.45, 7) is 0.303. The lowest BCUT2D eigenvalue weighted by atomic mass is 10.2. The maximum Gasteiger partial charge on any atom is 0.277 e. The highest BCUT2D eigenvalue weighted by Crippen LogP contribution is 2.28. The molecule has 0 radical (unpaired) electrons. The van der Waals surface area contributed by atoms with Crippen LogP contribution in [0.5, 0.6) is 11.5 Å². The summed E-state index contributed by atoms with van der Waals surface area (Å²) in [5.41, 5.74) is 4.30. The Morgan fingerprint density at radius 2 is 1.69 bits per heavy atom. The second-order valence-corrected chi connectivity index (χ2v) is 7.74. The van der Waals surface area contributed by atoms with Gasteiger partial charge in [-0.15, -0.1) is 0 Å². The number of benzene rings is 3. The largest absolute Gasteiger partial charge is 0.488 e. The SMILES string of the molecule is O=C(COc1ccc(Br)cc1Br)NN=Cc1ccccc1OCc1ccccc1. The first-order valence-electron chi connectivity index (χ1n) is 8.77. The number of rotatable bonds is 8. The Bertz CT molecular complexity index is 994. The molecule has 1 amide bonds. The third-order valence-corrected chi connectivity index (χ3v) is 4.91. The molecule has 0 bridgehead atoms. The van der Waals surface area contributed by atoms with Gasteiger partial charge in [0.15, 0.2) is 6.61 Å². The van der Waals surface area contributed by atoms with E-state index in [-0.39, 0.29) is 12.5 Å². The van der Waals surface area contributed by atoms with Gasteiger partial charge in [-0.2, -0.15) is 5.10 Å². The average molecular weight is 518 g/mol. The van der Waals surface area contributed by atoms with Crippen molar-refractivity contribution in [3.05, 3.63) is 92.9 Å². The molecule has 0 aliphatic heterocycles. The van der Waals surface area contributed by atoms with Crippen molar-refractivity contribution in [1.82, 2.24) is 5.43 Å². The van der Waals surface area contributed by atoms with Gasteiger partial charge in [0.2, 0.25) is 0 Å². The van der Waals surface area contributed by atoms with E-state index in [9.17, 15) is 4.79 Å². The third-order valence-electron chi connectivity index (χ3n) is 3.80. The van der Waals surface area contributed by atoms with E-state index >= 15 is 0 Å². The number of hydrogen-bond acceptors (Lipinski definition) is 4.